The van der Waals surface area contributed by atoms with Gasteiger partial charge in [-0.1, -0.05) is 31.5 Å². The average molecular weight is 224 g/mol. The van der Waals surface area contributed by atoms with E-state index in [0.717, 1.165) is 12.8 Å². The van der Waals surface area contributed by atoms with Crippen LogP contribution < -0.4 is 0 Å². The van der Waals surface area contributed by atoms with Gasteiger partial charge >= 0.3 is 6.16 Å². The van der Waals surface area contributed by atoms with Crippen LogP contribution >= 0.6 is 0 Å². The Hall–Kier alpha value is -1.71. The molecule has 0 spiro atoms. The molecule has 0 aromatic heterocycles. The highest BCUT2D eigenvalue weighted by atomic mass is 16.7. The summed E-state index contributed by atoms with van der Waals surface area (Å²) in [5, 5.41) is 9.41. The maximum atomic E-state index is 11.1. The third-order valence-corrected chi connectivity index (χ3v) is 2.05. The molecule has 0 heterocycles. The second kappa shape index (κ2) is 6.71. The van der Waals surface area contributed by atoms with E-state index in [9.17, 15) is 9.90 Å². The number of carbonyl (C=O) groups excluding carboxylic acids is 1. The number of unbranched alkanes of at least 4 members (excludes halogenated alkanes) is 1. The van der Waals surface area contributed by atoms with E-state index in [4.69, 9.17) is 9.47 Å². The molecule has 0 saturated carbocycles. The normalized spacial score (nSPS) is 9.81. The SMILES string of the molecule is CCCCOC(=O)OCc1ccccc1O. The van der Waals surface area contributed by atoms with Gasteiger partial charge in [0.05, 0.1) is 6.61 Å². The lowest BCUT2D eigenvalue weighted by Crippen LogP contribution is -2.08. The zero-order valence-electron chi connectivity index (χ0n) is 9.31. The van der Waals surface area contributed by atoms with Crippen LogP contribution in [0.3, 0.4) is 0 Å². The number of phenols is 1. The summed E-state index contributed by atoms with van der Waals surface area (Å²) in [5.41, 5.74) is 0.565. The largest absolute Gasteiger partial charge is 0.508 e. The molecule has 0 amide bonds. The molecule has 1 aromatic carbocycles. The molecule has 4 nitrogen and oxygen atoms in total. The van der Waals surface area contributed by atoms with Crippen molar-refractivity contribution in [1.82, 2.24) is 0 Å². The number of para-hydroxylation sites is 1. The molecule has 0 atom stereocenters. The van der Waals surface area contributed by atoms with Crippen molar-refractivity contribution in [3.05, 3.63) is 29.8 Å². The van der Waals surface area contributed by atoms with Crippen molar-refractivity contribution in [1.29, 1.82) is 0 Å². The molecule has 0 unspecified atom stereocenters. The molecule has 0 radical (unpaired) electrons. The van der Waals surface area contributed by atoms with E-state index < -0.39 is 6.16 Å². The Morgan fingerprint density at radius 1 is 1.31 bits per heavy atom. The summed E-state index contributed by atoms with van der Waals surface area (Å²) in [6.07, 6.45) is 1.09. The Bertz CT molecular complexity index is 336. The topological polar surface area (TPSA) is 55.8 Å². The fourth-order valence-corrected chi connectivity index (χ4v) is 1.11. The van der Waals surface area contributed by atoms with Crippen LogP contribution in [0.2, 0.25) is 0 Å². The zero-order chi connectivity index (χ0) is 11.8. The average Bonchev–Trinajstić information content (AvgIpc) is 2.28. The van der Waals surface area contributed by atoms with Crippen molar-refractivity contribution in [2.45, 2.75) is 26.4 Å². The first kappa shape index (κ1) is 12.4. The first-order valence-electron chi connectivity index (χ1n) is 5.30. The van der Waals surface area contributed by atoms with Gasteiger partial charge in [-0.2, -0.15) is 0 Å². The van der Waals surface area contributed by atoms with E-state index in [1.165, 1.54) is 0 Å². The predicted molar refractivity (Wildman–Crippen MR) is 59.2 cm³/mol. The molecule has 0 bridgehead atoms. The Balaban J connectivity index is 2.29. The molecule has 1 N–H and O–H groups in total. The van der Waals surface area contributed by atoms with Crippen LogP contribution in [0.1, 0.15) is 25.3 Å². The third kappa shape index (κ3) is 4.21. The van der Waals surface area contributed by atoms with Crippen molar-refractivity contribution in [2.75, 3.05) is 6.61 Å². The maximum absolute atomic E-state index is 11.1. The summed E-state index contributed by atoms with van der Waals surface area (Å²) in [7, 11) is 0. The molecule has 16 heavy (non-hydrogen) atoms. The smallest absolute Gasteiger partial charge is 0.508 e. The lowest BCUT2D eigenvalue weighted by molar-refractivity contribution is 0.0487. The fourth-order valence-electron chi connectivity index (χ4n) is 1.11. The van der Waals surface area contributed by atoms with E-state index in [1.807, 2.05) is 6.92 Å². The van der Waals surface area contributed by atoms with Gasteiger partial charge in [0.15, 0.2) is 0 Å². The summed E-state index contributed by atoms with van der Waals surface area (Å²) in [4.78, 5) is 11.1. The van der Waals surface area contributed by atoms with Crippen molar-refractivity contribution >= 4 is 6.16 Å². The fraction of sp³-hybridized carbons (Fsp3) is 0.417. The summed E-state index contributed by atoms with van der Waals surface area (Å²) in [6, 6.07) is 6.70. The van der Waals surface area contributed by atoms with Gasteiger partial charge < -0.3 is 14.6 Å². The Morgan fingerprint density at radius 3 is 2.75 bits per heavy atom. The minimum absolute atomic E-state index is 0.0254. The molecule has 0 aliphatic heterocycles. The molecule has 88 valence electrons. The van der Waals surface area contributed by atoms with Crippen LogP contribution in [0.15, 0.2) is 24.3 Å². The summed E-state index contributed by atoms with van der Waals surface area (Å²) in [5.74, 6) is 0.115. The van der Waals surface area contributed by atoms with Crippen molar-refractivity contribution in [3.63, 3.8) is 0 Å². The van der Waals surface area contributed by atoms with Gasteiger partial charge in [-0.05, 0) is 12.5 Å². The lowest BCUT2D eigenvalue weighted by atomic mass is 10.2. The minimum Gasteiger partial charge on any atom is -0.508 e. The van der Waals surface area contributed by atoms with Gasteiger partial charge in [-0.3, -0.25) is 0 Å². The van der Waals surface area contributed by atoms with E-state index in [0.29, 0.717) is 12.2 Å². The number of rotatable bonds is 5. The quantitative estimate of drug-likeness (QED) is 0.617. The molecular formula is C12H16O4. The molecule has 4 heteroatoms. The summed E-state index contributed by atoms with van der Waals surface area (Å²) >= 11 is 0. The molecule has 0 fully saturated rings. The maximum Gasteiger partial charge on any atom is 0.508 e. The molecule has 0 saturated heterocycles. The van der Waals surface area contributed by atoms with Crippen molar-refractivity contribution in [3.8, 4) is 5.75 Å². The molecule has 1 rings (SSSR count). The van der Waals surface area contributed by atoms with Gasteiger partial charge in [-0.15, -0.1) is 0 Å². The van der Waals surface area contributed by atoms with Crippen LogP contribution in [0.5, 0.6) is 5.75 Å². The van der Waals surface area contributed by atoms with Gasteiger partial charge in [0.25, 0.3) is 0 Å². The highest BCUT2D eigenvalue weighted by Crippen LogP contribution is 2.16. The van der Waals surface area contributed by atoms with Crippen molar-refractivity contribution in [2.24, 2.45) is 0 Å². The molecule has 1 aromatic rings. The number of phenolic OH excluding ortho intramolecular Hbond substituents is 1. The standard InChI is InChI=1S/C12H16O4/c1-2-3-8-15-12(14)16-9-10-6-4-5-7-11(10)13/h4-7,13H,2-3,8-9H2,1H3. The number of hydrogen-bond donors (Lipinski definition) is 1. The van der Waals surface area contributed by atoms with E-state index in [1.54, 1.807) is 24.3 Å². The Labute approximate surface area is 94.8 Å². The minimum atomic E-state index is -0.697. The first-order valence-corrected chi connectivity index (χ1v) is 5.30. The second-order valence-corrected chi connectivity index (χ2v) is 3.37. The van der Waals surface area contributed by atoms with E-state index >= 15 is 0 Å². The van der Waals surface area contributed by atoms with Crippen LogP contribution in [-0.2, 0) is 16.1 Å². The van der Waals surface area contributed by atoms with Gasteiger partial charge in [0.1, 0.15) is 12.4 Å². The molecule has 0 aliphatic carbocycles. The monoisotopic (exact) mass is 224 g/mol. The first-order chi connectivity index (χ1) is 7.74. The number of aromatic hydroxyl groups is 1. The van der Waals surface area contributed by atoms with Gasteiger partial charge in [0.2, 0.25) is 0 Å². The van der Waals surface area contributed by atoms with Gasteiger partial charge in [0, 0.05) is 5.56 Å². The molecular weight excluding hydrogens is 208 g/mol. The Kier molecular flexibility index (Phi) is 5.19. The highest BCUT2D eigenvalue weighted by molar-refractivity contribution is 5.60. The van der Waals surface area contributed by atoms with Crippen LogP contribution in [0.4, 0.5) is 4.79 Å². The number of benzene rings is 1. The van der Waals surface area contributed by atoms with E-state index in [-0.39, 0.29) is 12.4 Å². The Morgan fingerprint density at radius 2 is 2.06 bits per heavy atom. The van der Waals surface area contributed by atoms with Gasteiger partial charge in [-0.25, -0.2) is 4.79 Å². The molecule has 0 aliphatic rings. The summed E-state index contributed by atoms with van der Waals surface area (Å²) < 4.78 is 9.64. The van der Waals surface area contributed by atoms with Crippen LogP contribution in [0.25, 0.3) is 0 Å². The highest BCUT2D eigenvalue weighted by Gasteiger charge is 2.06. The number of carbonyl (C=O) groups is 1. The lowest BCUT2D eigenvalue weighted by Gasteiger charge is -2.06. The predicted octanol–water partition coefficient (Wildman–Crippen LogP) is 2.85. The second-order valence-electron chi connectivity index (χ2n) is 3.37. The summed E-state index contributed by atoms with van der Waals surface area (Å²) in [6.45, 7) is 2.41. The zero-order valence-corrected chi connectivity index (χ0v) is 9.31. The number of hydrogen-bond acceptors (Lipinski definition) is 4. The van der Waals surface area contributed by atoms with Crippen LogP contribution in [0, 0.1) is 0 Å². The van der Waals surface area contributed by atoms with Crippen LogP contribution in [-0.4, -0.2) is 17.9 Å². The third-order valence-electron chi connectivity index (χ3n) is 2.05. The van der Waals surface area contributed by atoms with Crippen molar-refractivity contribution < 1.29 is 19.4 Å². The number of ether oxygens (including phenoxy) is 2. The van der Waals surface area contributed by atoms with E-state index in [2.05, 4.69) is 0 Å².